The fourth-order valence-corrected chi connectivity index (χ4v) is 1.87. The Hall–Kier alpha value is -1.44. The van der Waals surface area contributed by atoms with E-state index in [1.54, 1.807) is 0 Å². The molecule has 0 aliphatic carbocycles. The molecule has 102 valence electrons. The van der Waals surface area contributed by atoms with Gasteiger partial charge in [0, 0.05) is 6.54 Å². The second-order valence-corrected chi connectivity index (χ2v) is 4.68. The fraction of sp³-hybridized carbons (Fsp3) is 0.273. The van der Waals surface area contributed by atoms with Gasteiger partial charge in [-0.1, -0.05) is 11.6 Å². The van der Waals surface area contributed by atoms with Crippen LogP contribution in [0, 0.1) is 5.82 Å². The third-order valence-corrected chi connectivity index (χ3v) is 3.01. The number of ether oxygens (including phenoxy) is 1. The molecule has 1 aromatic heterocycles. The summed E-state index contributed by atoms with van der Waals surface area (Å²) in [6.07, 6.45) is 0.690. The predicted molar refractivity (Wildman–Crippen MR) is 71.3 cm³/mol. The van der Waals surface area contributed by atoms with E-state index in [9.17, 15) is 9.50 Å². The molecule has 1 atom stereocenters. The Morgan fingerprint density at radius 3 is 3.11 bits per heavy atom. The van der Waals surface area contributed by atoms with Gasteiger partial charge in [0.15, 0.2) is 0 Å². The number of nitrogens with zero attached hydrogens (tertiary/aromatic N) is 2. The molecule has 5 nitrogen and oxygen atoms in total. The second-order valence-electron chi connectivity index (χ2n) is 3.72. The topological polar surface area (TPSA) is 67.3 Å². The number of aromatic nitrogens is 2. The lowest BCUT2D eigenvalue weighted by atomic mass is 10.3. The van der Waals surface area contributed by atoms with E-state index >= 15 is 0 Å². The Labute approximate surface area is 118 Å². The van der Waals surface area contributed by atoms with E-state index in [-0.39, 0.29) is 13.2 Å². The van der Waals surface area contributed by atoms with Crippen molar-refractivity contribution in [2.75, 3.05) is 18.5 Å². The van der Waals surface area contributed by atoms with E-state index in [4.69, 9.17) is 16.3 Å². The fourth-order valence-electron chi connectivity index (χ4n) is 1.32. The summed E-state index contributed by atoms with van der Waals surface area (Å²) in [5.41, 5.74) is 0.427. The monoisotopic (exact) mass is 303 g/mol. The molecule has 1 unspecified atom stereocenters. The van der Waals surface area contributed by atoms with Gasteiger partial charge in [-0.25, -0.2) is 4.39 Å². The Kier molecular flexibility index (Phi) is 4.89. The van der Waals surface area contributed by atoms with Crippen LogP contribution < -0.4 is 10.1 Å². The Balaban J connectivity index is 1.79. The van der Waals surface area contributed by atoms with E-state index in [0.717, 1.165) is 11.7 Å². The average molecular weight is 304 g/mol. The van der Waals surface area contributed by atoms with E-state index in [2.05, 4.69) is 14.1 Å². The third-order valence-electron chi connectivity index (χ3n) is 2.22. The third kappa shape index (κ3) is 4.30. The number of halogens is 2. The number of benzene rings is 1. The van der Waals surface area contributed by atoms with E-state index in [0.29, 0.717) is 16.6 Å². The molecule has 0 radical (unpaired) electrons. The van der Waals surface area contributed by atoms with Crippen LogP contribution in [0.15, 0.2) is 24.4 Å². The summed E-state index contributed by atoms with van der Waals surface area (Å²) in [4.78, 5) is 0. The van der Waals surface area contributed by atoms with Crippen molar-refractivity contribution in [3.63, 3.8) is 0 Å². The van der Waals surface area contributed by atoms with Gasteiger partial charge < -0.3 is 15.2 Å². The summed E-state index contributed by atoms with van der Waals surface area (Å²) < 4.78 is 25.8. The van der Waals surface area contributed by atoms with Gasteiger partial charge in [0.25, 0.3) is 0 Å². The van der Waals surface area contributed by atoms with Crippen molar-refractivity contribution < 1.29 is 14.2 Å². The summed E-state index contributed by atoms with van der Waals surface area (Å²) in [5, 5.41) is 12.9. The first-order valence-corrected chi connectivity index (χ1v) is 6.53. The maximum absolute atomic E-state index is 13.0. The smallest absolute Gasteiger partial charge is 0.245 e. The minimum absolute atomic E-state index is 0.0609. The van der Waals surface area contributed by atoms with Crippen molar-refractivity contribution >= 4 is 29.0 Å². The van der Waals surface area contributed by atoms with Crippen molar-refractivity contribution in [3.8, 4) is 5.88 Å². The van der Waals surface area contributed by atoms with Gasteiger partial charge in [-0.3, -0.25) is 0 Å². The highest BCUT2D eigenvalue weighted by Gasteiger charge is 2.08. The van der Waals surface area contributed by atoms with Crippen molar-refractivity contribution in [1.29, 1.82) is 0 Å². The summed E-state index contributed by atoms with van der Waals surface area (Å²) in [5.74, 6) is -0.0287. The predicted octanol–water partition coefficient (Wildman–Crippen LogP) is 2.18. The molecule has 2 N–H and O–H groups in total. The molecule has 0 fully saturated rings. The highest BCUT2D eigenvalue weighted by molar-refractivity contribution is 6.99. The SMILES string of the molecule is OC(CNc1cc(F)ccc1Cl)COc1cnsn1. The number of hydrogen-bond donors (Lipinski definition) is 2. The van der Waals surface area contributed by atoms with Gasteiger partial charge >= 0.3 is 0 Å². The maximum atomic E-state index is 13.0. The summed E-state index contributed by atoms with van der Waals surface area (Å²) >= 11 is 6.90. The minimum atomic E-state index is -0.777. The molecule has 0 aliphatic rings. The number of aliphatic hydroxyl groups excluding tert-OH is 1. The minimum Gasteiger partial charge on any atom is -0.473 e. The molecule has 2 aromatic rings. The number of rotatable bonds is 6. The quantitative estimate of drug-likeness (QED) is 0.856. The molecule has 2 rings (SSSR count). The van der Waals surface area contributed by atoms with Crippen LogP contribution in [0.25, 0.3) is 0 Å². The molecule has 0 saturated carbocycles. The van der Waals surface area contributed by atoms with Crippen LogP contribution in [0.3, 0.4) is 0 Å². The maximum Gasteiger partial charge on any atom is 0.245 e. The van der Waals surface area contributed by atoms with E-state index in [1.165, 1.54) is 24.4 Å². The summed E-state index contributed by atoms with van der Waals surface area (Å²) in [7, 11) is 0. The van der Waals surface area contributed by atoms with Crippen molar-refractivity contribution in [2.24, 2.45) is 0 Å². The van der Waals surface area contributed by atoms with Crippen LogP contribution in [-0.4, -0.2) is 33.1 Å². The van der Waals surface area contributed by atoms with Gasteiger partial charge in [-0.2, -0.15) is 4.37 Å². The second kappa shape index (κ2) is 6.65. The van der Waals surface area contributed by atoms with Crippen LogP contribution in [0.2, 0.25) is 5.02 Å². The van der Waals surface area contributed by atoms with Crippen molar-refractivity contribution in [1.82, 2.24) is 8.75 Å². The van der Waals surface area contributed by atoms with Crippen LogP contribution in [0.5, 0.6) is 5.88 Å². The molecule has 1 heterocycles. The van der Waals surface area contributed by atoms with Crippen LogP contribution in [0.4, 0.5) is 10.1 Å². The number of hydrogen-bond acceptors (Lipinski definition) is 6. The highest BCUT2D eigenvalue weighted by Crippen LogP contribution is 2.22. The standard InChI is InChI=1S/C11H11ClFN3O2S/c12-9-2-1-7(13)3-10(9)14-4-8(17)6-18-11-5-15-19-16-11/h1-3,5,8,14,17H,4,6H2. The molecule has 0 amide bonds. The molecular formula is C11H11ClFN3O2S. The van der Waals surface area contributed by atoms with Crippen molar-refractivity contribution in [2.45, 2.75) is 6.10 Å². The van der Waals surface area contributed by atoms with Gasteiger partial charge in [0.1, 0.15) is 24.7 Å². The number of anilines is 1. The van der Waals surface area contributed by atoms with Gasteiger partial charge in [-0.15, -0.1) is 4.37 Å². The molecule has 0 aliphatic heterocycles. The molecular weight excluding hydrogens is 293 g/mol. The average Bonchev–Trinajstić information content (AvgIpc) is 2.90. The molecule has 1 aromatic carbocycles. The molecule has 0 spiro atoms. The van der Waals surface area contributed by atoms with Gasteiger partial charge in [0.2, 0.25) is 5.88 Å². The zero-order valence-corrected chi connectivity index (χ0v) is 11.3. The Morgan fingerprint density at radius 1 is 1.53 bits per heavy atom. The first kappa shape index (κ1) is 14.0. The molecule has 0 bridgehead atoms. The van der Waals surface area contributed by atoms with Gasteiger partial charge in [0.05, 0.1) is 22.4 Å². The van der Waals surface area contributed by atoms with Crippen LogP contribution in [-0.2, 0) is 0 Å². The molecule has 8 heteroatoms. The summed E-state index contributed by atoms with van der Waals surface area (Å²) in [6.45, 7) is 0.242. The number of nitrogens with one attached hydrogen (secondary N) is 1. The lowest BCUT2D eigenvalue weighted by Gasteiger charge is -2.13. The Bertz CT molecular complexity index is 527. The lowest BCUT2D eigenvalue weighted by Crippen LogP contribution is -2.26. The molecule has 0 saturated heterocycles. The van der Waals surface area contributed by atoms with Crippen LogP contribution in [0.1, 0.15) is 0 Å². The zero-order chi connectivity index (χ0) is 13.7. The molecule has 19 heavy (non-hydrogen) atoms. The zero-order valence-electron chi connectivity index (χ0n) is 9.72. The first-order chi connectivity index (χ1) is 9.15. The number of aliphatic hydroxyl groups is 1. The Morgan fingerprint density at radius 2 is 2.37 bits per heavy atom. The summed E-state index contributed by atoms with van der Waals surface area (Å²) in [6, 6.07) is 3.98. The van der Waals surface area contributed by atoms with Crippen LogP contribution >= 0.6 is 23.3 Å². The van der Waals surface area contributed by atoms with E-state index < -0.39 is 11.9 Å². The van der Waals surface area contributed by atoms with Gasteiger partial charge in [-0.05, 0) is 18.2 Å². The normalized spacial score (nSPS) is 12.2. The largest absolute Gasteiger partial charge is 0.473 e. The van der Waals surface area contributed by atoms with E-state index in [1.807, 2.05) is 0 Å². The first-order valence-electron chi connectivity index (χ1n) is 5.42. The van der Waals surface area contributed by atoms with Crippen molar-refractivity contribution in [3.05, 3.63) is 35.2 Å². The highest BCUT2D eigenvalue weighted by atomic mass is 35.5. The lowest BCUT2D eigenvalue weighted by molar-refractivity contribution is 0.115.